The van der Waals surface area contributed by atoms with E-state index in [1.54, 1.807) is 0 Å². The predicted octanol–water partition coefficient (Wildman–Crippen LogP) is 2.40. The highest BCUT2D eigenvalue weighted by Crippen LogP contribution is 2.34. The Morgan fingerprint density at radius 1 is 1.26 bits per heavy atom. The first kappa shape index (κ1) is 14.0. The number of nitrogens with one attached hydrogen (secondary N) is 1. The Morgan fingerprint density at radius 2 is 2.00 bits per heavy atom. The van der Waals surface area contributed by atoms with Crippen molar-refractivity contribution in [3.8, 4) is 0 Å². The SMILES string of the molecule is Cc1n[nH]nc1C(=O)N1CCC[C@H](C(C)(C)C)CC1. The molecule has 1 atom stereocenters. The highest BCUT2D eigenvalue weighted by Gasteiger charge is 2.29. The molecule has 0 aromatic carbocycles. The summed E-state index contributed by atoms with van der Waals surface area (Å²) in [7, 11) is 0. The summed E-state index contributed by atoms with van der Waals surface area (Å²) < 4.78 is 0. The summed E-state index contributed by atoms with van der Waals surface area (Å²) in [5.74, 6) is 0.699. The monoisotopic (exact) mass is 264 g/mol. The van der Waals surface area contributed by atoms with Crippen LogP contribution in [0.2, 0.25) is 0 Å². The molecule has 2 rings (SSSR count). The Morgan fingerprint density at radius 3 is 2.58 bits per heavy atom. The van der Waals surface area contributed by atoms with Gasteiger partial charge in [-0.3, -0.25) is 4.79 Å². The van der Waals surface area contributed by atoms with E-state index in [1.807, 2.05) is 11.8 Å². The van der Waals surface area contributed by atoms with E-state index in [4.69, 9.17) is 0 Å². The van der Waals surface area contributed by atoms with E-state index in [0.29, 0.717) is 22.7 Å². The molecular formula is C14H24N4O. The van der Waals surface area contributed by atoms with E-state index >= 15 is 0 Å². The average molecular weight is 264 g/mol. The number of carbonyl (C=O) groups is 1. The third kappa shape index (κ3) is 3.14. The first-order valence-electron chi connectivity index (χ1n) is 7.06. The molecule has 1 N–H and O–H groups in total. The van der Waals surface area contributed by atoms with Crippen LogP contribution in [-0.2, 0) is 0 Å². The molecule has 1 saturated heterocycles. The number of aryl methyl sites for hydroxylation is 1. The van der Waals surface area contributed by atoms with Crippen LogP contribution in [0.15, 0.2) is 0 Å². The Labute approximate surface area is 114 Å². The third-order valence-electron chi connectivity index (χ3n) is 4.16. The Bertz CT molecular complexity index is 447. The lowest BCUT2D eigenvalue weighted by Crippen LogP contribution is -2.33. The van der Waals surface area contributed by atoms with E-state index in [1.165, 1.54) is 6.42 Å². The smallest absolute Gasteiger partial charge is 0.276 e. The molecule has 0 bridgehead atoms. The standard InChI is InChI=1S/C14H24N4O/c1-10-12(16-17-15-10)13(19)18-8-5-6-11(7-9-18)14(2,3)4/h11H,5-9H2,1-4H3,(H,15,16,17)/t11-/m0/s1. The Balaban J connectivity index is 2.04. The molecule has 0 radical (unpaired) electrons. The van der Waals surface area contributed by atoms with Crippen LogP contribution < -0.4 is 0 Å². The topological polar surface area (TPSA) is 61.9 Å². The summed E-state index contributed by atoms with van der Waals surface area (Å²) in [6, 6.07) is 0. The van der Waals surface area contributed by atoms with Crippen molar-refractivity contribution in [3.63, 3.8) is 0 Å². The van der Waals surface area contributed by atoms with Crippen molar-refractivity contribution in [2.45, 2.75) is 47.0 Å². The van der Waals surface area contributed by atoms with Gasteiger partial charge in [-0.05, 0) is 37.5 Å². The second-order valence-corrected chi connectivity index (χ2v) is 6.54. The summed E-state index contributed by atoms with van der Waals surface area (Å²) in [6.45, 7) is 10.3. The maximum Gasteiger partial charge on any atom is 0.276 e. The van der Waals surface area contributed by atoms with Crippen LogP contribution in [0.1, 0.15) is 56.2 Å². The van der Waals surface area contributed by atoms with E-state index < -0.39 is 0 Å². The van der Waals surface area contributed by atoms with Crippen molar-refractivity contribution in [3.05, 3.63) is 11.4 Å². The molecule has 0 aliphatic carbocycles. The zero-order valence-corrected chi connectivity index (χ0v) is 12.4. The van der Waals surface area contributed by atoms with Crippen LogP contribution >= 0.6 is 0 Å². The van der Waals surface area contributed by atoms with Crippen LogP contribution in [0.5, 0.6) is 0 Å². The van der Waals surface area contributed by atoms with Gasteiger partial charge in [-0.25, -0.2) is 0 Å². The van der Waals surface area contributed by atoms with Crippen molar-refractivity contribution < 1.29 is 4.79 Å². The van der Waals surface area contributed by atoms with Gasteiger partial charge in [0.05, 0.1) is 5.69 Å². The number of carbonyl (C=O) groups excluding carboxylic acids is 1. The van der Waals surface area contributed by atoms with Crippen molar-refractivity contribution in [1.29, 1.82) is 0 Å². The minimum absolute atomic E-state index is 0.0146. The molecule has 1 fully saturated rings. The zero-order chi connectivity index (χ0) is 14.0. The van der Waals surface area contributed by atoms with Gasteiger partial charge in [0.2, 0.25) is 0 Å². The van der Waals surface area contributed by atoms with Gasteiger partial charge >= 0.3 is 0 Å². The maximum absolute atomic E-state index is 12.4. The molecule has 0 spiro atoms. The lowest BCUT2D eigenvalue weighted by molar-refractivity contribution is 0.0749. The number of nitrogens with zero attached hydrogens (tertiary/aromatic N) is 3. The minimum Gasteiger partial charge on any atom is -0.337 e. The predicted molar refractivity (Wildman–Crippen MR) is 73.8 cm³/mol. The van der Waals surface area contributed by atoms with Crippen molar-refractivity contribution in [2.75, 3.05) is 13.1 Å². The summed E-state index contributed by atoms with van der Waals surface area (Å²) in [6.07, 6.45) is 3.35. The number of hydrogen-bond acceptors (Lipinski definition) is 3. The van der Waals surface area contributed by atoms with Gasteiger partial charge in [-0.1, -0.05) is 20.8 Å². The number of hydrogen-bond donors (Lipinski definition) is 1. The summed E-state index contributed by atoms with van der Waals surface area (Å²) >= 11 is 0. The molecule has 1 aromatic rings. The van der Waals surface area contributed by atoms with Crippen LogP contribution in [0.25, 0.3) is 0 Å². The van der Waals surface area contributed by atoms with Crippen molar-refractivity contribution >= 4 is 5.91 Å². The molecule has 1 aliphatic heterocycles. The van der Waals surface area contributed by atoms with Crippen molar-refractivity contribution in [2.24, 2.45) is 11.3 Å². The molecule has 19 heavy (non-hydrogen) atoms. The van der Waals surface area contributed by atoms with Gasteiger partial charge in [0.1, 0.15) is 0 Å². The van der Waals surface area contributed by atoms with E-state index in [0.717, 1.165) is 25.9 Å². The van der Waals surface area contributed by atoms with Crippen LogP contribution in [0, 0.1) is 18.3 Å². The van der Waals surface area contributed by atoms with Crippen molar-refractivity contribution in [1.82, 2.24) is 20.3 Å². The normalized spacial score (nSPS) is 21.3. The van der Waals surface area contributed by atoms with Crippen LogP contribution in [-0.4, -0.2) is 39.3 Å². The molecule has 5 heteroatoms. The second kappa shape index (κ2) is 5.31. The highest BCUT2D eigenvalue weighted by molar-refractivity contribution is 5.93. The first-order valence-corrected chi connectivity index (χ1v) is 7.06. The van der Waals surface area contributed by atoms with E-state index in [2.05, 4.69) is 36.2 Å². The summed E-state index contributed by atoms with van der Waals surface area (Å²) in [5, 5.41) is 10.4. The van der Waals surface area contributed by atoms with Gasteiger partial charge in [0.25, 0.3) is 5.91 Å². The van der Waals surface area contributed by atoms with Gasteiger partial charge in [0.15, 0.2) is 5.69 Å². The zero-order valence-electron chi connectivity index (χ0n) is 12.4. The largest absolute Gasteiger partial charge is 0.337 e. The number of likely N-dealkylation sites (tertiary alicyclic amines) is 1. The summed E-state index contributed by atoms with van der Waals surface area (Å²) in [4.78, 5) is 14.3. The number of amides is 1. The van der Waals surface area contributed by atoms with E-state index in [9.17, 15) is 4.79 Å². The van der Waals surface area contributed by atoms with Gasteiger partial charge in [-0.2, -0.15) is 15.4 Å². The van der Waals surface area contributed by atoms with Gasteiger partial charge in [0, 0.05) is 13.1 Å². The number of aromatic nitrogens is 3. The fourth-order valence-electron chi connectivity index (χ4n) is 2.80. The lowest BCUT2D eigenvalue weighted by Gasteiger charge is -2.29. The first-order chi connectivity index (χ1) is 8.89. The molecule has 0 saturated carbocycles. The van der Waals surface area contributed by atoms with Crippen LogP contribution in [0.4, 0.5) is 0 Å². The van der Waals surface area contributed by atoms with E-state index in [-0.39, 0.29) is 5.91 Å². The van der Waals surface area contributed by atoms with Gasteiger partial charge in [-0.15, -0.1) is 0 Å². The Kier molecular flexibility index (Phi) is 3.92. The molecular weight excluding hydrogens is 240 g/mol. The molecule has 2 heterocycles. The maximum atomic E-state index is 12.4. The number of aromatic amines is 1. The molecule has 106 valence electrons. The van der Waals surface area contributed by atoms with Gasteiger partial charge < -0.3 is 4.90 Å². The second-order valence-electron chi connectivity index (χ2n) is 6.54. The molecule has 1 aliphatic rings. The minimum atomic E-state index is 0.0146. The Hall–Kier alpha value is -1.39. The lowest BCUT2D eigenvalue weighted by atomic mass is 9.77. The fraction of sp³-hybridized carbons (Fsp3) is 0.786. The molecule has 1 aromatic heterocycles. The number of H-pyrrole nitrogens is 1. The third-order valence-corrected chi connectivity index (χ3v) is 4.16. The molecule has 1 amide bonds. The van der Waals surface area contributed by atoms with Crippen LogP contribution in [0.3, 0.4) is 0 Å². The molecule has 5 nitrogen and oxygen atoms in total. The fourth-order valence-corrected chi connectivity index (χ4v) is 2.80. The number of rotatable bonds is 1. The highest BCUT2D eigenvalue weighted by atomic mass is 16.2. The summed E-state index contributed by atoms with van der Waals surface area (Å²) in [5.41, 5.74) is 1.47. The molecule has 0 unspecified atom stereocenters. The average Bonchev–Trinajstić information content (AvgIpc) is 2.62. The quantitative estimate of drug-likeness (QED) is 0.847.